The van der Waals surface area contributed by atoms with Gasteiger partial charge in [0.1, 0.15) is 36.1 Å². The number of hydrogen-bond donors (Lipinski definition) is 2. The Kier molecular flexibility index (Phi) is 9.47. The molecule has 0 amide bonds. The third-order valence-electron chi connectivity index (χ3n) is 9.86. The van der Waals surface area contributed by atoms with Crippen LogP contribution >= 0.6 is 0 Å². The number of aliphatic hydroxyl groups is 2. The van der Waals surface area contributed by atoms with Gasteiger partial charge in [-0.3, -0.25) is 14.4 Å². The molecule has 1 spiro atoms. The number of aliphatic hydroxyl groups excluding tert-OH is 1. The Morgan fingerprint density at radius 3 is 2.08 bits per heavy atom. The van der Waals surface area contributed by atoms with Crippen LogP contribution in [0.3, 0.4) is 0 Å². The van der Waals surface area contributed by atoms with E-state index < -0.39 is 107 Å². The van der Waals surface area contributed by atoms with Gasteiger partial charge in [-0.15, -0.1) is 0 Å². The standard InChI is InChI=1S/C35H42O14/c1-18(2)29(39)44-17-34-27(46-20(4)37)23(45-19(3)36)15-33(7,42)35(34)26(38)24(32(5,6)49-35)25(47-31(41)22-13-14-43-16-22)28(34)48-30(40)21-11-9-8-10-12-21/h8-14,16,18,23-28,38,42H,15,17H2,1-7H3. The number of fused-ring (bicyclic) bond motifs is 1. The van der Waals surface area contributed by atoms with Crippen molar-refractivity contribution in [3.8, 4) is 0 Å². The molecule has 5 rings (SSSR count). The molecule has 2 saturated carbocycles. The molecule has 49 heavy (non-hydrogen) atoms. The van der Waals surface area contributed by atoms with E-state index in [-0.39, 0.29) is 11.1 Å². The molecular weight excluding hydrogens is 644 g/mol. The van der Waals surface area contributed by atoms with Crippen LogP contribution < -0.4 is 0 Å². The Hall–Kier alpha value is -4.27. The lowest BCUT2D eigenvalue weighted by Crippen LogP contribution is -2.85. The minimum atomic E-state index is -2.29. The van der Waals surface area contributed by atoms with E-state index in [1.807, 2.05) is 0 Å². The maximum absolute atomic E-state index is 14.0. The van der Waals surface area contributed by atoms with Gasteiger partial charge in [0.25, 0.3) is 0 Å². The molecule has 266 valence electrons. The van der Waals surface area contributed by atoms with Crippen molar-refractivity contribution in [1.29, 1.82) is 0 Å². The Morgan fingerprint density at radius 2 is 1.51 bits per heavy atom. The molecule has 2 heterocycles. The average Bonchev–Trinajstić information content (AvgIpc) is 3.61. The second-order valence-corrected chi connectivity index (χ2v) is 13.9. The van der Waals surface area contributed by atoms with Crippen molar-refractivity contribution in [3.05, 3.63) is 60.1 Å². The summed E-state index contributed by atoms with van der Waals surface area (Å²) in [6.45, 7) is 9.04. The van der Waals surface area contributed by atoms with Crippen molar-refractivity contribution >= 4 is 29.8 Å². The molecule has 2 aliphatic carbocycles. The fourth-order valence-corrected chi connectivity index (χ4v) is 8.04. The van der Waals surface area contributed by atoms with Crippen molar-refractivity contribution in [2.75, 3.05) is 6.61 Å². The zero-order valence-electron chi connectivity index (χ0n) is 28.4. The van der Waals surface area contributed by atoms with E-state index in [2.05, 4.69) is 0 Å². The van der Waals surface area contributed by atoms with Crippen LogP contribution in [0.1, 0.15) is 75.6 Å². The highest BCUT2D eigenvalue weighted by Crippen LogP contribution is 2.69. The summed E-state index contributed by atoms with van der Waals surface area (Å²) in [5.41, 5.74) is -8.09. The van der Waals surface area contributed by atoms with Gasteiger partial charge in [-0.25, -0.2) is 9.59 Å². The normalized spacial score (nSPS) is 34.3. The summed E-state index contributed by atoms with van der Waals surface area (Å²) >= 11 is 0. The average molecular weight is 687 g/mol. The molecule has 1 aromatic heterocycles. The van der Waals surface area contributed by atoms with Gasteiger partial charge in [0.15, 0.2) is 12.2 Å². The number of ether oxygens (including phenoxy) is 6. The van der Waals surface area contributed by atoms with Crippen molar-refractivity contribution < 1.29 is 67.0 Å². The fourth-order valence-electron chi connectivity index (χ4n) is 8.04. The van der Waals surface area contributed by atoms with Crippen molar-refractivity contribution in [3.63, 3.8) is 0 Å². The van der Waals surface area contributed by atoms with Gasteiger partial charge in [0.2, 0.25) is 0 Å². The molecule has 14 nitrogen and oxygen atoms in total. The lowest BCUT2D eigenvalue weighted by molar-refractivity contribution is -0.362. The maximum atomic E-state index is 14.0. The van der Waals surface area contributed by atoms with Crippen LogP contribution in [0.5, 0.6) is 0 Å². The number of carbonyl (C=O) groups excluding carboxylic acids is 5. The van der Waals surface area contributed by atoms with Crippen LogP contribution in [0.25, 0.3) is 0 Å². The van der Waals surface area contributed by atoms with E-state index in [0.717, 1.165) is 20.1 Å². The number of carbonyl (C=O) groups is 5. The molecule has 0 radical (unpaired) electrons. The summed E-state index contributed by atoms with van der Waals surface area (Å²) in [4.78, 5) is 66.3. The van der Waals surface area contributed by atoms with E-state index in [4.69, 9.17) is 32.8 Å². The van der Waals surface area contributed by atoms with Gasteiger partial charge < -0.3 is 43.1 Å². The molecule has 3 aliphatic rings. The number of furan rings is 1. The third-order valence-corrected chi connectivity index (χ3v) is 9.86. The lowest BCUT2D eigenvalue weighted by Gasteiger charge is -2.66. The molecular formula is C35H42O14. The summed E-state index contributed by atoms with van der Waals surface area (Å²) in [5.74, 6) is -6.18. The second kappa shape index (κ2) is 12.9. The summed E-state index contributed by atoms with van der Waals surface area (Å²) in [6.07, 6.45) is -6.32. The molecule has 14 heteroatoms. The van der Waals surface area contributed by atoms with Crippen LogP contribution in [-0.4, -0.2) is 94.0 Å². The monoisotopic (exact) mass is 686 g/mol. The van der Waals surface area contributed by atoms with Crippen LogP contribution in [-0.2, 0) is 42.8 Å². The van der Waals surface area contributed by atoms with Gasteiger partial charge in [0, 0.05) is 20.3 Å². The second-order valence-electron chi connectivity index (χ2n) is 13.9. The molecule has 3 fully saturated rings. The summed E-state index contributed by atoms with van der Waals surface area (Å²) in [5, 5.41) is 25.0. The highest BCUT2D eigenvalue weighted by Gasteiger charge is 2.88. The number of rotatable bonds is 9. The van der Waals surface area contributed by atoms with Gasteiger partial charge in [-0.1, -0.05) is 32.0 Å². The largest absolute Gasteiger partial charge is 0.472 e. The molecule has 1 aliphatic heterocycles. The van der Waals surface area contributed by atoms with Crippen LogP contribution in [0.15, 0.2) is 53.3 Å². The van der Waals surface area contributed by atoms with Crippen molar-refractivity contribution in [2.24, 2.45) is 17.3 Å². The zero-order chi connectivity index (χ0) is 36.1. The molecule has 2 aromatic rings. The first kappa shape index (κ1) is 36.0. The van der Waals surface area contributed by atoms with Crippen molar-refractivity contribution in [1.82, 2.24) is 0 Å². The molecule has 9 atom stereocenters. The smallest absolute Gasteiger partial charge is 0.341 e. The Balaban J connectivity index is 1.85. The Morgan fingerprint density at radius 1 is 0.878 bits per heavy atom. The van der Waals surface area contributed by atoms with E-state index in [1.165, 1.54) is 31.4 Å². The SMILES string of the molecule is CC(=O)OC1CC(C)(O)C23OC(C)(C)C(C(OC(=O)c4ccoc4)C(OC(=O)c4ccccc4)C2(COC(=O)C(C)C)C1OC(C)=O)C3O. The van der Waals surface area contributed by atoms with Crippen LogP contribution in [0, 0.1) is 17.3 Å². The van der Waals surface area contributed by atoms with Crippen molar-refractivity contribution in [2.45, 2.75) is 102 Å². The minimum Gasteiger partial charge on any atom is -0.472 e. The van der Waals surface area contributed by atoms with Gasteiger partial charge >= 0.3 is 29.8 Å². The van der Waals surface area contributed by atoms with E-state index in [0.29, 0.717) is 0 Å². The minimum absolute atomic E-state index is 0.0126. The Bertz CT molecular complexity index is 1580. The predicted octanol–water partition coefficient (Wildman–Crippen LogP) is 2.77. The van der Waals surface area contributed by atoms with Gasteiger partial charge in [0.05, 0.1) is 46.5 Å². The quantitative estimate of drug-likeness (QED) is 0.289. The van der Waals surface area contributed by atoms with Crippen LogP contribution in [0.4, 0.5) is 0 Å². The number of hydrogen-bond acceptors (Lipinski definition) is 14. The molecule has 2 N–H and O–H groups in total. The summed E-state index contributed by atoms with van der Waals surface area (Å²) in [7, 11) is 0. The number of esters is 5. The highest BCUT2D eigenvalue weighted by atomic mass is 16.6. The summed E-state index contributed by atoms with van der Waals surface area (Å²) < 4.78 is 41.6. The third kappa shape index (κ3) is 5.89. The first-order valence-electron chi connectivity index (χ1n) is 16.0. The first-order chi connectivity index (χ1) is 22.9. The van der Waals surface area contributed by atoms with E-state index in [1.54, 1.807) is 45.9 Å². The lowest BCUT2D eigenvalue weighted by atomic mass is 9.45. The van der Waals surface area contributed by atoms with Crippen LogP contribution in [0.2, 0.25) is 0 Å². The van der Waals surface area contributed by atoms with Gasteiger partial charge in [-0.05, 0) is 39.0 Å². The topological polar surface area (TPSA) is 194 Å². The molecule has 1 saturated heterocycles. The fraction of sp³-hybridized carbons (Fsp3) is 0.571. The first-order valence-corrected chi connectivity index (χ1v) is 16.0. The van der Waals surface area contributed by atoms with E-state index >= 15 is 0 Å². The Labute approximate surface area is 282 Å². The van der Waals surface area contributed by atoms with Gasteiger partial charge in [-0.2, -0.15) is 0 Å². The predicted molar refractivity (Wildman–Crippen MR) is 166 cm³/mol. The van der Waals surface area contributed by atoms with E-state index in [9.17, 15) is 34.2 Å². The highest BCUT2D eigenvalue weighted by molar-refractivity contribution is 5.90. The number of benzene rings is 1. The zero-order valence-corrected chi connectivity index (χ0v) is 28.4. The molecule has 2 bridgehead atoms. The molecule has 9 unspecified atom stereocenters. The molecule has 1 aromatic carbocycles. The maximum Gasteiger partial charge on any atom is 0.341 e. The summed E-state index contributed by atoms with van der Waals surface area (Å²) in [6, 6.07) is 9.17.